The van der Waals surface area contributed by atoms with E-state index in [1.807, 2.05) is 11.8 Å². The van der Waals surface area contributed by atoms with E-state index in [-0.39, 0.29) is 4.90 Å². The smallest absolute Gasteiger partial charge is 0.349 e. The van der Waals surface area contributed by atoms with Crippen molar-refractivity contribution in [2.24, 2.45) is 4.99 Å². The number of nitrogens with one attached hydrogen (secondary N) is 2. The number of amides is 2. The Morgan fingerprint density at radius 1 is 1.05 bits per heavy atom. The minimum Gasteiger partial charge on any atom is -0.349 e. The summed E-state index contributed by atoms with van der Waals surface area (Å²) < 4.78 is 24.0. The van der Waals surface area contributed by atoms with Gasteiger partial charge in [-0.3, -0.25) is 5.43 Å². The lowest BCUT2D eigenvalue weighted by molar-refractivity contribution is 0.247. The number of benzene rings is 1. The van der Waals surface area contributed by atoms with Gasteiger partial charge in [0.25, 0.3) is 10.0 Å². The molecule has 1 rings (SSSR count). The number of aliphatic imine (C=N–C) groups is 1. The van der Waals surface area contributed by atoms with Crippen molar-refractivity contribution in [3.8, 4) is 0 Å². The molecule has 2 N–H and O–H groups in total. The fraction of sp³-hybridized carbons (Fsp3) is 0.385. The SMILES string of the molecule is Cc1ccc(S(=O)(=O)NNC(=O)N=C(N(C)C)N(C)C)cc1. The summed E-state index contributed by atoms with van der Waals surface area (Å²) in [6.45, 7) is 1.85. The minimum absolute atomic E-state index is 0.0582. The summed E-state index contributed by atoms with van der Waals surface area (Å²) in [6, 6.07) is 5.44. The summed E-state index contributed by atoms with van der Waals surface area (Å²) in [5, 5.41) is 0. The molecule has 1 aromatic carbocycles. The average molecular weight is 327 g/mol. The van der Waals surface area contributed by atoms with Gasteiger partial charge in [-0.1, -0.05) is 17.7 Å². The zero-order valence-electron chi connectivity index (χ0n) is 13.3. The monoisotopic (exact) mass is 327 g/mol. The Bertz CT molecular complexity index is 641. The Morgan fingerprint density at radius 2 is 1.55 bits per heavy atom. The van der Waals surface area contributed by atoms with Crippen LogP contribution in [0.3, 0.4) is 0 Å². The summed E-state index contributed by atoms with van der Waals surface area (Å²) >= 11 is 0. The van der Waals surface area contributed by atoms with Gasteiger partial charge >= 0.3 is 6.03 Å². The standard InChI is InChI=1S/C13H21N5O3S/c1-10-6-8-11(9-7-10)22(20,21)16-15-12(19)14-13(17(2)3)18(4)5/h6-9,16H,1-5H3,(H,15,19). The number of urea groups is 1. The maximum atomic E-state index is 12.0. The molecule has 0 atom stereocenters. The van der Waals surface area contributed by atoms with E-state index >= 15 is 0 Å². The number of hydrogen-bond donors (Lipinski definition) is 2. The third-order valence-corrected chi connectivity index (χ3v) is 3.89. The highest BCUT2D eigenvalue weighted by molar-refractivity contribution is 7.89. The number of sulfonamides is 1. The molecule has 2 amide bonds. The molecule has 8 nitrogen and oxygen atoms in total. The van der Waals surface area contributed by atoms with Crippen molar-refractivity contribution < 1.29 is 13.2 Å². The highest BCUT2D eigenvalue weighted by Crippen LogP contribution is 2.08. The van der Waals surface area contributed by atoms with E-state index in [0.29, 0.717) is 5.96 Å². The Labute approximate surface area is 130 Å². The van der Waals surface area contributed by atoms with Crippen LogP contribution in [0.1, 0.15) is 5.56 Å². The summed E-state index contributed by atoms with van der Waals surface area (Å²) in [5.41, 5.74) is 3.00. The Balaban J connectivity index is 2.78. The van der Waals surface area contributed by atoms with Gasteiger partial charge in [0, 0.05) is 28.2 Å². The quantitative estimate of drug-likeness (QED) is 0.475. The van der Waals surface area contributed by atoms with Crippen molar-refractivity contribution in [3.05, 3.63) is 29.8 Å². The van der Waals surface area contributed by atoms with Crippen LogP contribution in [0.4, 0.5) is 4.79 Å². The van der Waals surface area contributed by atoms with E-state index in [0.717, 1.165) is 5.56 Å². The molecule has 0 saturated carbocycles. The van der Waals surface area contributed by atoms with Gasteiger partial charge in [0.1, 0.15) is 0 Å². The van der Waals surface area contributed by atoms with Gasteiger partial charge in [0.2, 0.25) is 5.96 Å². The average Bonchev–Trinajstić information content (AvgIpc) is 2.42. The normalized spacial score (nSPS) is 10.8. The van der Waals surface area contributed by atoms with E-state index in [9.17, 15) is 13.2 Å². The van der Waals surface area contributed by atoms with Gasteiger partial charge in [-0.05, 0) is 19.1 Å². The molecule has 0 fully saturated rings. The summed E-state index contributed by atoms with van der Waals surface area (Å²) in [4.78, 5) is 20.8. The van der Waals surface area contributed by atoms with Crippen LogP contribution in [0.15, 0.2) is 34.2 Å². The Kier molecular flexibility index (Phi) is 5.89. The predicted octanol–water partition coefficient (Wildman–Crippen LogP) is 0.377. The molecule has 0 heterocycles. The molecule has 22 heavy (non-hydrogen) atoms. The van der Waals surface area contributed by atoms with Gasteiger partial charge < -0.3 is 9.80 Å². The number of hydrogen-bond acceptors (Lipinski definition) is 3. The first kappa shape index (κ1) is 17.9. The number of nitrogens with zero attached hydrogens (tertiary/aromatic N) is 3. The van der Waals surface area contributed by atoms with E-state index in [1.54, 1.807) is 50.1 Å². The number of carbonyl (C=O) groups excluding carboxylic acids is 1. The van der Waals surface area contributed by atoms with E-state index in [1.165, 1.54) is 12.1 Å². The molecule has 0 aliphatic heterocycles. The van der Waals surface area contributed by atoms with E-state index in [4.69, 9.17) is 0 Å². The van der Waals surface area contributed by atoms with E-state index < -0.39 is 16.1 Å². The van der Waals surface area contributed by atoms with Crippen LogP contribution in [0.5, 0.6) is 0 Å². The molecule has 0 unspecified atom stereocenters. The number of carbonyl (C=O) groups is 1. The lowest BCUT2D eigenvalue weighted by atomic mass is 10.2. The molecule has 0 radical (unpaired) electrons. The molecule has 0 aliphatic carbocycles. The zero-order valence-corrected chi connectivity index (χ0v) is 14.1. The molecule has 1 aromatic rings. The largest absolute Gasteiger partial charge is 0.359 e. The van der Waals surface area contributed by atoms with E-state index in [2.05, 4.69) is 10.4 Å². The maximum Gasteiger partial charge on any atom is 0.359 e. The highest BCUT2D eigenvalue weighted by Gasteiger charge is 2.15. The fourth-order valence-electron chi connectivity index (χ4n) is 1.61. The summed E-state index contributed by atoms with van der Waals surface area (Å²) in [7, 11) is 3.07. The number of rotatable bonds is 3. The third kappa shape index (κ3) is 5.01. The highest BCUT2D eigenvalue weighted by atomic mass is 32.2. The van der Waals surface area contributed by atoms with Crippen LogP contribution >= 0.6 is 0 Å². The maximum absolute atomic E-state index is 12.0. The van der Waals surface area contributed by atoms with Gasteiger partial charge in [0.15, 0.2) is 0 Å². The second kappa shape index (κ2) is 7.23. The summed E-state index contributed by atoms with van der Waals surface area (Å²) in [5.74, 6) is 0.382. The van der Waals surface area contributed by atoms with Gasteiger partial charge in [-0.2, -0.15) is 4.99 Å². The van der Waals surface area contributed by atoms with Crippen LogP contribution in [0.2, 0.25) is 0 Å². The molecule has 9 heteroatoms. The van der Waals surface area contributed by atoms with Crippen molar-refractivity contribution >= 4 is 22.0 Å². The first-order valence-electron chi connectivity index (χ1n) is 6.45. The van der Waals surface area contributed by atoms with Crippen molar-refractivity contribution in [1.29, 1.82) is 0 Å². The van der Waals surface area contributed by atoms with Crippen LogP contribution in [-0.2, 0) is 10.0 Å². The van der Waals surface area contributed by atoms with Crippen molar-refractivity contribution in [1.82, 2.24) is 20.1 Å². The molecule has 0 bridgehead atoms. The Morgan fingerprint density at radius 3 is 2.00 bits per heavy atom. The second-order valence-electron chi connectivity index (χ2n) is 5.05. The molecular formula is C13H21N5O3S. The Hall–Kier alpha value is -2.13. The van der Waals surface area contributed by atoms with Gasteiger partial charge in [-0.25, -0.2) is 13.2 Å². The topological polar surface area (TPSA) is 94.1 Å². The third-order valence-electron chi connectivity index (χ3n) is 2.63. The molecular weight excluding hydrogens is 306 g/mol. The first-order valence-corrected chi connectivity index (χ1v) is 7.93. The minimum atomic E-state index is -3.83. The van der Waals surface area contributed by atoms with Crippen LogP contribution in [0.25, 0.3) is 0 Å². The van der Waals surface area contributed by atoms with Crippen molar-refractivity contribution in [3.63, 3.8) is 0 Å². The molecule has 0 saturated heterocycles. The zero-order chi connectivity index (χ0) is 16.9. The number of guanidine groups is 1. The van der Waals surface area contributed by atoms with Crippen LogP contribution in [-0.4, -0.2) is 58.4 Å². The predicted molar refractivity (Wildman–Crippen MR) is 84.8 cm³/mol. The lowest BCUT2D eigenvalue weighted by Crippen LogP contribution is -2.42. The van der Waals surface area contributed by atoms with Crippen molar-refractivity contribution in [2.75, 3.05) is 28.2 Å². The van der Waals surface area contributed by atoms with Crippen LogP contribution < -0.4 is 10.3 Å². The first-order chi connectivity index (χ1) is 10.1. The molecule has 0 aliphatic rings. The summed E-state index contributed by atoms with van der Waals surface area (Å²) in [6.07, 6.45) is 0. The number of hydrazine groups is 1. The molecule has 122 valence electrons. The van der Waals surface area contributed by atoms with Gasteiger partial charge in [-0.15, -0.1) is 4.83 Å². The molecule has 0 spiro atoms. The van der Waals surface area contributed by atoms with Crippen molar-refractivity contribution in [2.45, 2.75) is 11.8 Å². The second-order valence-corrected chi connectivity index (χ2v) is 6.73. The number of aryl methyl sites for hydroxylation is 1. The van der Waals surface area contributed by atoms with Gasteiger partial charge in [0.05, 0.1) is 4.90 Å². The van der Waals surface area contributed by atoms with Crippen LogP contribution in [0, 0.1) is 6.92 Å². The molecule has 0 aromatic heterocycles. The fourth-order valence-corrected chi connectivity index (χ4v) is 2.44. The lowest BCUT2D eigenvalue weighted by Gasteiger charge is -2.22.